The zero-order valence-electron chi connectivity index (χ0n) is 11.6. The van der Waals surface area contributed by atoms with Crippen molar-refractivity contribution < 1.29 is 14.3 Å². The van der Waals surface area contributed by atoms with Crippen molar-refractivity contribution in [1.29, 1.82) is 0 Å². The van der Waals surface area contributed by atoms with Crippen molar-refractivity contribution in [2.45, 2.75) is 32.9 Å². The van der Waals surface area contributed by atoms with Gasteiger partial charge in [0, 0.05) is 26.8 Å². The van der Waals surface area contributed by atoms with Crippen LogP contribution in [0, 0.1) is 5.92 Å². The summed E-state index contributed by atoms with van der Waals surface area (Å²) in [6.07, 6.45) is 0. The Hall–Kier alpha value is -0.650. The van der Waals surface area contributed by atoms with Crippen molar-refractivity contribution in [2.75, 3.05) is 34.0 Å². The molecule has 0 bridgehead atoms. The summed E-state index contributed by atoms with van der Waals surface area (Å²) in [6.45, 7) is 7.26. The summed E-state index contributed by atoms with van der Waals surface area (Å²) in [5.41, 5.74) is 5.77. The van der Waals surface area contributed by atoms with E-state index in [1.165, 1.54) is 0 Å². The Kier molecular flexibility index (Phi) is 8.12. The Morgan fingerprint density at radius 1 is 1.24 bits per heavy atom. The number of rotatable bonds is 8. The zero-order chi connectivity index (χ0) is 13.4. The number of amides is 1. The number of carbonyl (C=O) groups is 1. The van der Waals surface area contributed by atoms with E-state index in [9.17, 15) is 4.79 Å². The molecule has 0 aromatic rings. The molecule has 0 saturated carbocycles. The number of hydrogen-bond acceptors (Lipinski definition) is 4. The van der Waals surface area contributed by atoms with E-state index in [-0.39, 0.29) is 23.9 Å². The van der Waals surface area contributed by atoms with E-state index in [0.717, 1.165) is 0 Å². The van der Waals surface area contributed by atoms with Gasteiger partial charge in [0.1, 0.15) is 0 Å². The summed E-state index contributed by atoms with van der Waals surface area (Å²) in [7, 11) is 3.25. The van der Waals surface area contributed by atoms with Crippen molar-refractivity contribution in [3.05, 3.63) is 0 Å². The van der Waals surface area contributed by atoms with Crippen LogP contribution in [0.4, 0.5) is 0 Å². The summed E-state index contributed by atoms with van der Waals surface area (Å²) < 4.78 is 10.1. The summed E-state index contributed by atoms with van der Waals surface area (Å²) in [6, 6.07) is -0.119. The number of carbonyl (C=O) groups excluding carboxylic acids is 1. The lowest BCUT2D eigenvalue weighted by atomic mass is 10.0. The molecule has 0 rings (SSSR count). The number of nitrogens with zero attached hydrogens (tertiary/aromatic N) is 1. The normalized spacial score (nSPS) is 16.4. The fourth-order valence-corrected chi connectivity index (χ4v) is 1.56. The molecule has 0 fully saturated rings. The molecule has 0 aliphatic rings. The molecule has 3 unspecified atom stereocenters. The molecule has 0 spiro atoms. The monoisotopic (exact) mass is 246 g/mol. The Labute approximate surface area is 104 Å². The molecule has 0 saturated heterocycles. The van der Waals surface area contributed by atoms with Gasteiger partial charge >= 0.3 is 0 Å². The van der Waals surface area contributed by atoms with Gasteiger partial charge in [-0.25, -0.2) is 0 Å². The fraction of sp³-hybridized carbons (Fsp3) is 0.917. The predicted octanol–water partition coefficient (Wildman–Crippen LogP) is 0.480. The highest BCUT2D eigenvalue weighted by Crippen LogP contribution is 2.10. The van der Waals surface area contributed by atoms with Crippen LogP contribution in [0.3, 0.4) is 0 Å². The van der Waals surface area contributed by atoms with E-state index in [4.69, 9.17) is 15.2 Å². The maximum atomic E-state index is 12.2. The van der Waals surface area contributed by atoms with Crippen molar-refractivity contribution in [3.63, 3.8) is 0 Å². The molecule has 0 radical (unpaired) electrons. The average molecular weight is 246 g/mol. The van der Waals surface area contributed by atoms with Gasteiger partial charge in [0.05, 0.1) is 25.2 Å². The molecular formula is C12H26N2O3. The minimum absolute atomic E-state index is 0.0313. The van der Waals surface area contributed by atoms with Gasteiger partial charge in [-0.2, -0.15) is 0 Å². The summed E-state index contributed by atoms with van der Waals surface area (Å²) in [4.78, 5) is 14.0. The van der Waals surface area contributed by atoms with E-state index >= 15 is 0 Å². The number of methoxy groups -OCH3 is 2. The molecule has 0 heterocycles. The molecule has 0 aromatic heterocycles. The van der Waals surface area contributed by atoms with E-state index in [2.05, 4.69) is 0 Å². The van der Waals surface area contributed by atoms with Gasteiger partial charge in [-0.3, -0.25) is 4.79 Å². The lowest BCUT2D eigenvalue weighted by molar-refractivity contribution is -0.139. The first-order valence-electron chi connectivity index (χ1n) is 5.99. The lowest BCUT2D eigenvalue weighted by Gasteiger charge is -2.32. The largest absolute Gasteiger partial charge is 0.383 e. The molecule has 5 nitrogen and oxygen atoms in total. The van der Waals surface area contributed by atoms with Crippen LogP contribution >= 0.6 is 0 Å². The highest BCUT2D eigenvalue weighted by atomic mass is 16.5. The predicted molar refractivity (Wildman–Crippen MR) is 67.7 cm³/mol. The molecule has 5 heteroatoms. The zero-order valence-corrected chi connectivity index (χ0v) is 11.6. The van der Waals surface area contributed by atoms with Gasteiger partial charge in [0.2, 0.25) is 5.91 Å². The number of ether oxygens (including phenoxy) is 2. The van der Waals surface area contributed by atoms with E-state index < -0.39 is 0 Å². The second kappa shape index (κ2) is 8.44. The number of hydrogen-bond donors (Lipinski definition) is 1. The molecule has 2 N–H and O–H groups in total. The first-order chi connectivity index (χ1) is 7.95. The van der Waals surface area contributed by atoms with Gasteiger partial charge < -0.3 is 20.1 Å². The van der Waals surface area contributed by atoms with Gasteiger partial charge in [0.15, 0.2) is 0 Å². The molecule has 17 heavy (non-hydrogen) atoms. The van der Waals surface area contributed by atoms with Crippen LogP contribution in [0.15, 0.2) is 0 Å². The summed E-state index contributed by atoms with van der Waals surface area (Å²) >= 11 is 0. The second-order valence-corrected chi connectivity index (χ2v) is 4.48. The third-order valence-corrected chi connectivity index (χ3v) is 2.94. The average Bonchev–Trinajstić information content (AvgIpc) is 2.28. The van der Waals surface area contributed by atoms with Crippen LogP contribution in [0.2, 0.25) is 0 Å². The van der Waals surface area contributed by atoms with Crippen molar-refractivity contribution >= 4 is 5.91 Å². The molecular weight excluding hydrogens is 220 g/mol. The molecule has 1 amide bonds. The summed E-state index contributed by atoms with van der Waals surface area (Å²) in [5.74, 6) is -0.132. The third-order valence-electron chi connectivity index (χ3n) is 2.94. The van der Waals surface area contributed by atoms with Crippen LogP contribution < -0.4 is 5.73 Å². The molecule has 0 aromatic carbocycles. The SMILES string of the molecule is COCCN(C(=O)C(C)C(C)N)C(C)COC. The molecule has 3 atom stereocenters. The van der Waals surface area contributed by atoms with Crippen LogP contribution in [-0.2, 0) is 14.3 Å². The molecule has 102 valence electrons. The fourth-order valence-electron chi connectivity index (χ4n) is 1.56. The van der Waals surface area contributed by atoms with Gasteiger partial charge in [-0.05, 0) is 13.8 Å². The highest BCUT2D eigenvalue weighted by Gasteiger charge is 2.26. The van der Waals surface area contributed by atoms with Crippen LogP contribution in [0.25, 0.3) is 0 Å². The number of nitrogens with two attached hydrogens (primary N) is 1. The van der Waals surface area contributed by atoms with Crippen LogP contribution in [-0.4, -0.2) is 56.9 Å². The van der Waals surface area contributed by atoms with Crippen molar-refractivity contribution in [2.24, 2.45) is 11.7 Å². The quantitative estimate of drug-likeness (QED) is 0.676. The lowest BCUT2D eigenvalue weighted by Crippen LogP contribution is -2.48. The van der Waals surface area contributed by atoms with Crippen molar-refractivity contribution in [3.8, 4) is 0 Å². The van der Waals surface area contributed by atoms with Gasteiger partial charge in [-0.1, -0.05) is 6.92 Å². The topological polar surface area (TPSA) is 64.8 Å². The second-order valence-electron chi connectivity index (χ2n) is 4.48. The first kappa shape index (κ1) is 16.4. The maximum Gasteiger partial charge on any atom is 0.227 e. The molecule has 0 aliphatic heterocycles. The Balaban J connectivity index is 4.59. The Morgan fingerprint density at radius 2 is 1.82 bits per heavy atom. The van der Waals surface area contributed by atoms with Crippen molar-refractivity contribution in [1.82, 2.24) is 4.90 Å². The van der Waals surface area contributed by atoms with E-state index in [1.54, 1.807) is 19.1 Å². The maximum absolute atomic E-state index is 12.2. The van der Waals surface area contributed by atoms with Crippen LogP contribution in [0.1, 0.15) is 20.8 Å². The first-order valence-corrected chi connectivity index (χ1v) is 5.99. The van der Waals surface area contributed by atoms with Gasteiger partial charge in [-0.15, -0.1) is 0 Å². The van der Waals surface area contributed by atoms with E-state index in [1.807, 2.05) is 20.8 Å². The standard InChI is InChI=1S/C12H26N2O3/c1-9(8-17-5)14(6-7-16-4)12(15)10(2)11(3)13/h9-11H,6-8,13H2,1-5H3. The smallest absolute Gasteiger partial charge is 0.227 e. The Morgan fingerprint density at radius 3 is 2.24 bits per heavy atom. The minimum Gasteiger partial charge on any atom is -0.383 e. The summed E-state index contributed by atoms with van der Waals surface area (Å²) in [5, 5.41) is 0. The van der Waals surface area contributed by atoms with Crippen LogP contribution in [0.5, 0.6) is 0 Å². The highest BCUT2D eigenvalue weighted by molar-refractivity contribution is 5.79. The minimum atomic E-state index is -0.189. The molecule has 0 aliphatic carbocycles. The van der Waals surface area contributed by atoms with E-state index in [0.29, 0.717) is 19.8 Å². The van der Waals surface area contributed by atoms with Gasteiger partial charge in [0.25, 0.3) is 0 Å². The Bertz CT molecular complexity index is 222. The third kappa shape index (κ3) is 5.48.